The third-order valence-electron chi connectivity index (χ3n) is 3.70. The molecule has 1 atom stereocenters. The molecule has 1 aromatic carbocycles. The van der Waals surface area contributed by atoms with E-state index in [2.05, 4.69) is 38.1 Å². The van der Waals surface area contributed by atoms with Gasteiger partial charge in [0.05, 0.1) is 0 Å². The standard InChI is InChI=1S/C16H15NO.2C2H6.C2H4/c1-3-12-10(2)8-11-9-15(12)17-16(18)14-7-5-4-6-13(11)14;3*1-2/h3-7,9,11H,1,8H2,2H3,(H,17,18);2*1-2H3;1-2H2. The summed E-state index contributed by atoms with van der Waals surface area (Å²) in [4.78, 5) is 12.2. The quantitative estimate of drug-likeness (QED) is 0.616. The summed E-state index contributed by atoms with van der Waals surface area (Å²) < 4.78 is 0. The fourth-order valence-electron chi connectivity index (χ4n) is 2.83. The molecule has 3 rings (SSSR count). The van der Waals surface area contributed by atoms with Crippen molar-refractivity contribution in [1.29, 1.82) is 0 Å². The van der Waals surface area contributed by atoms with Gasteiger partial charge in [-0.3, -0.25) is 4.79 Å². The fraction of sp³-hybridized carbons (Fsp3) is 0.318. The molecule has 1 aliphatic heterocycles. The molecule has 1 amide bonds. The lowest BCUT2D eigenvalue weighted by Crippen LogP contribution is -2.23. The zero-order valence-corrected chi connectivity index (χ0v) is 15.8. The molecule has 2 aliphatic rings. The van der Waals surface area contributed by atoms with E-state index in [1.54, 1.807) is 0 Å². The Hall–Kier alpha value is -2.35. The van der Waals surface area contributed by atoms with E-state index in [-0.39, 0.29) is 5.91 Å². The number of benzene rings is 1. The molecule has 1 heterocycles. The second-order valence-electron chi connectivity index (χ2n) is 4.83. The molecule has 2 bridgehead atoms. The van der Waals surface area contributed by atoms with Crippen LogP contribution < -0.4 is 5.32 Å². The molecule has 1 N–H and O–H groups in total. The minimum absolute atomic E-state index is 0.0200. The summed E-state index contributed by atoms with van der Waals surface area (Å²) in [6, 6.07) is 7.84. The summed E-state index contributed by atoms with van der Waals surface area (Å²) in [6.07, 6.45) is 4.93. The van der Waals surface area contributed by atoms with Crippen LogP contribution in [0.1, 0.15) is 62.9 Å². The van der Waals surface area contributed by atoms with E-state index in [1.807, 2.05) is 58.0 Å². The molecule has 2 nitrogen and oxygen atoms in total. The summed E-state index contributed by atoms with van der Waals surface area (Å²) in [6.45, 7) is 19.9. The van der Waals surface area contributed by atoms with Gasteiger partial charge < -0.3 is 5.32 Å². The molecule has 0 spiro atoms. The van der Waals surface area contributed by atoms with Crippen molar-refractivity contribution < 1.29 is 4.79 Å². The van der Waals surface area contributed by atoms with E-state index in [0.717, 1.165) is 28.8 Å². The highest BCUT2D eigenvalue weighted by molar-refractivity contribution is 5.98. The van der Waals surface area contributed by atoms with Gasteiger partial charge in [0.25, 0.3) is 5.91 Å². The van der Waals surface area contributed by atoms with Crippen LogP contribution in [-0.2, 0) is 0 Å². The van der Waals surface area contributed by atoms with Crippen molar-refractivity contribution in [3.8, 4) is 0 Å². The van der Waals surface area contributed by atoms with Gasteiger partial charge in [0, 0.05) is 17.2 Å². The van der Waals surface area contributed by atoms with E-state index in [1.165, 1.54) is 5.57 Å². The lowest BCUT2D eigenvalue weighted by molar-refractivity contribution is 0.0967. The Morgan fingerprint density at radius 2 is 1.71 bits per heavy atom. The van der Waals surface area contributed by atoms with Crippen LogP contribution in [-0.4, -0.2) is 5.91 Å². The summed E-state index contributed by atoms with van der Waals surface area (Å²) in [5.41, 5.74) is 5.15. The summed E-state index contributed by atoms with van der Waals surface area (Å²) in [5.74, 6) is 0.271. The molecular weight excluding hydrogens is 294 g/mol. The number of carbonyl (C=O) groups is 1. The van der Waals surface area contributed by atoms with Gasteiger partial charge in [-0.25, -0.2) is 0 Å². The lowest BCUT2D eigenvalue weighted by atomic mass is 9.83. The first-order valence-electron chi connectivity index (χ1n) is 8.65. The average Bonchev–Trinajstić information content (AvgIpc) is 2.76. The van der Waals surface area contributed by atoms with E-state index in [4.69, 9.17) is 0 Å². The zero-order chi connectivity index (χ0) is 18.7. The molecule has 1 aromatic rings. The van der Waals surface area contributed by atoms with Gasteiger partial charge in [0.15, 0.2) is 0 Å². The Morgan fingerprint density at radius 1 is 1.12 bits per heavy atom. The van der Waals surface area contributed by atoms with E-state index >= 15 is 0 Å². The Kier molecular flexibility index (Phi) is 10.1. The predicted octanol–water partition coefficient (Wildman–Crippen LogP) is 6.16. The van der Waals surface area contributed by atoms with Crippen molar-refractivity contribution in [3.05, 3.63) is 84.1 Å². The molecule has 0 saturated heterocycles. The Labute approximate surface area is 147 Å². The molecule has 1 unspecified atom stereocenters. The smallest absolute Gasteiger partial charge is 0.255 e. The molecule has 24 heavy (non-hydrogen) atoms. The number of hydrogen-bond acceptors (Lipinski definition) is 1. The number of hydrogen-bond donors (Lipinski definition) is 1. The van der Waals surface area contributed by atoms with Gasteiger partial charge in [-0.2, -0.15) is 0 Å². The number of fused-ring (bicyclic) bond motifs is 3. The third kappa shape index (κ3) is 4.58. The number of nitrogens with one attached hydrogen (secondary N) is 1. The largest absolute Gasteiger partial charge is 0.322 e. The van der Waals surface area contributed by atoms with Crippen LogP contribution in [0.15, 0.2) is 73.0 Å². The molecule has 130 valence electrons. The second kappa shape index (κ2) is 11.2. The maximum Gasteiger partial charge on any atom is 0.255 e. The third-order valence-corrected chi connectivity index (χ3v) is 3.70. The average molecular weight is 325 g/mol. The number of rotatable bonds is 1. The summed E-state index contributed by atoms with van der Waals surface area (Å²) in [7, 11) is 0. The highest BCUT2D eigenvalue weighted by atomic mass is 16.1. The van der Waals surface area contributed by atoms with Crippen LogP contribution in [0.2, 0.25) is 0 Å². The maximum absolute atomic E-state index is 12.2. The highest BCUT2D eigenvalue weighted by Gasteiger charge is 2.27. The van der Waals surface area contributed by atoms with Crippen molar-refractivity contribution in [2.45, 2.75) is 47.0 Å². The van der Waals surface area contributed by atoms with Crippen molar-refractivity contribution in [2.24, 2.45) is 0 Å². The van der Waals surface area contributed by atoms with Crippen molar-refractivity contribution in [2.75, 3.05) is 0 Å². The monoisotopic (exact) mass is 325 g/mol. The van der Waals surface area contributed by atoms with Crippen molar-refractivity contribution in [1.82, 2.24) is 5.32 Å². The molecule has 0 fully saturated rings. The molecule has 1 aliphatic carbocycles. The molecule has 2 heteroatoms. The zero-order valence-electron chi connectivity index (χ0n) is 15.8. The minimum Gasteiger partial charge on any atom is -0.322 e. The van der Waals surface area contributed by atoms with E-state index in [0.29, 0.717) is 5.92 Å². The van der Waals surface area contributed by atoms with E-state index < -0.39 is 0 Å². The van der Waals surface area contributed by atoms with E-state index in [9.17, 15) is 4.79 Å². The SMILES string of the molecule is C=C.C=CC1=C(C)CC2C=C1NC(=O)c1ccccc12.CC.CC. The normalized spacial score (nSPS) is 17.0. The van der Waals surface area contributed by atoms with Crippen LogP contribution in [0.4, 0.5) is 0 Å². The minimum atomic E-state index is -0.0200. The van der Waals surface area contributed by atoms with Gasteiger partial charge >= 0.3 is 0 Å². The fourth-order valence-corrected chi connectivity index (χ4v) is 2.83. The molecular formula is C22H31NO. The molecule has 0 radical (unpaired) electrons. The van der Waals surface area contributed by atoms with Gasteiger partial charge in [-0.15, -0.1) is 13.2 Å². The highest BCUT2D eigenvalue weighted by Crippen LogP contribution is 2.37. The molecule has 0 saturated carbocycles. The van der Waals surface area contributed by atoms with Crippen LogP contribution in [0.5, 0.6) is 0 Å². The summed E-state index contributed by atoms with van der Waals surface area (Å²) in [5, 5.41) is 2.99. The predicted molar refractivity (Wildman–Crippen MR) is 106 cm³/mol. The Morgan fingerprint density at radius 3 is 2.29 bits per heavy atom. The van der Waals surface area contributed by atoms with Gasteiger partial charge in [-0.1, -0.05) is 70.2 Å². The van der Waals surface area contributed by atoms with Crippen molar-refractivity contribution >= 4 is 5.91 Å². The first-order chi connectivity index (χ1) is 11.7. The van der Waals surface area contributed by atoms with Crippen LogP contribution >= 0.6 is 0 Å². The topological polar surface area (TPSA) is 29.1 Å². The lowest BCUT2D eigenvalue weighted by Gasteiger charge is -2.22. The van der Waals surface area contributed by atoms with Gasteiger partial charge in [0.1, 0.15) is 0 Å². The van der Waals surface area contributed by atoms with Crippen LogP contribution in [0.3, 0.4) is 0 Å². The first kappa shape index (κ1) is 21.6. The number of carbonyl (C=O) groups excluding carboxylic acids is 1. The number of allylic oxidation sites excluding steroid dienone is 3. The van der Waals surface area contributed by atoms with Crippen molar-refractivity contribution in [3.63, 3.8) is 0 Å². The first-order valence-corrected chi connectivity index (χ1v) is 8.65. The van der Waals surface area contributed by atoms with Crippen LogP contribution in [0, 0.1) is 0 Å². The Bertz CT molecular complexity index is 623. The summed E-state index contributed by atoms with van der Waals surface area (Å²) >= 11 is 0. The maximum atomic E-state index is 12.2. The Balaban J connectivity index is 0.000000798. The van der Waals surface area contributed by atoms with Crippen LogP contribution in [0.25, 0.3) is 0 Å². The van der Waals surface area contributed by atoms with Gasteiger partial charge in [0.2, 0.25) is 0 Å². The molecule has 0 aromatic heterocycles. The number of amides is 1. The second-order valence-corrected chi connectivity index (χ2v) is 4.83. The van der Waals surface area contributed by atoms with Gasteiger partial charge in [-0.05, 0) is 30.5 Å².